The number of phosphoric acid groups is 1. The van der Waals surface area contributed by atoms with Gasteiger partial charge in [0.1, 0.15) is 0 Å². The molecule has 0 aromatic carbocycles. The van der Waals surface area contributed by atoms with E-state index in [1.165, 1.54) is 7.11 Å². The summed E-state index contributed by atoms with van der Waals surface area (Å²) in [5.41, 5.74) is -0.578. The van der Waals surface area contributed by atoms with Gasteiger partial charge >= 0.3 is 7.82 Å². The van der Waals surface area contributed by atoms with Crippen LogP contribution in [0.1, 0.15) is 60.8 Å². The monoisotopic (exact) mass is 280 g/mol. The molecule has 0 fully saturated rings. The maximum atomic E-state index is 11.6. The molecule has 110 valence electrons. The second-order valence-corrected chi connectivity index (χ2v) is 7.97. The summed E-state index contributed by atoms with van der Waals surface area (Å²) in [5, 5.41) is 0. The van der Waals surface area contributed by atoms with E-state index in [1.807, 2.05) is 13.8 Å². The number of hydrogen-bond acceptors (Lipinski definition) is 3. The fraction of sp³-hybridized carbons (Fsp3) is 1.00. The van der Waals surface area contributed by atoms with Crippen LogP contribution < -0.4 is 0 Å². The smallest absolute Gasteiger partial charge is 0.302 e. The summed E-state index contributed by atoms with van der Waals surface area (Å²) in [4.78, 5) is 9.48. The van der Waals surface area contributed by atoms with Crippen molar-refractivity contribution in [2.45, 2.75) is 66.4 Å². The lowest BCUT2D eigenvalue weighted by Gasteiger charge is -2.38. The van der Waals surface area contributed by atoms with Crippen LogP contribution in [0.25, 0.3) is 0 Å². The molecule has 0 amide bonds. The Hall–Kier alpha value is 0.110. The third-order valence-corrected chi connectivity index (χ3v) is 4.26. The zero-order valence-corrected chi connectivity index (χ0v) is 13.7. The van der Waals surface area contributed by atoms with Gasteiger partial charge in [0, 0.05) is 7.11 Å². The minimum absolute atomic E-state index is 0.0622. The van der Waals surface area contributed by atoms with Crippen LogP contribution in [0.3, 0.4) is 0 Å². The molecule has 5 heteroatoms. The maximum Gasteiger partial charge on any atom is 0.472 e. The molecule has 0 aliphatic carbocycles. The summed E-state index contributed by atoms with van der Waals surface area (Å²) in [7, 11) is -2.74. The van der Waals surface area contributed by atoms with Crippen LogP contribution >= 0.6 is 7.82 Å². The van der Waals surface area contributed by atoms with Crippen LogP contribution in [0.5, 0.6) is 0 Å². The van der Waals surface area contributed by atoms with Gasteiger partial charge in [0.2, 0.25) is 0 Å². The molecular formula is C13H29O4P. The molecule has 0 aliphatic heterocycles. The molecule has 0 aromatic rings. The van der Waals surface area contributed by atoms with Crippen LogP contribution in [-0.2, 0) is 13.6 Å². The molecule has 0 radical (unpaired) electrons. The largest absolute Gasteiger partial charge is 0.472 e. The molecule has 0 saturated heterocycles. The normalized spacial score (nSPS) is 19.6. The van der Waals surface area contributed by atoms with Crippen molar-refractivity contribution >= 4 is 7.82 Å². The lowest BCUT2D eigenvalue weighted by molar-refractivity contribution is 0.000245. The average Bonchev–Trinajstić information content (AvgIpc) is 2.13. The van der Waals surface area contributed by atoms with Crippen molar-refractivity contribution < 1.29 is 18.5 Å². The van der Waals surface area contributed by atoms with E-state index in [4.69, 9.17) is 4.52 Å². The molecule has 0 saturated carbocycles. The van der Waals surface area contributed by atoms with E-state index in [2.05, 4.69) is 32.2 Å². The van der Waals surface area contributed by atoms with Gasteiger partial charge in [-0.05, 0) is 37.5 Å². The van der Waals surface area contributed by atoms with E-state index in [0.717, 1.165) is 12.8 Å². The van der Waals surface area contributed by atoms with Crippen LogP contribution in [0.4, 0.5) is 0 Å². The molecule has 0 bridgehead atoms. The maximum absolute atomic E-state index is 11.6. The van der Waals surface area contributed by atoms with Crippen molar-refractivity contribution in [2.24, 2.45) is 11.3 Å². The van der Waals surface area contributed by atoms with Gasteiger partial charge in [-0.1, -0.05) is 34.6 Å². The third kappa shape index (κ3) is 6.89. The molecule has 1 N–H and O–H groups in total. The molecule has 0 aromatic heterocycles. The van der Waals surface area contributed by atoms with E-state index in [9.17, 15) is 9.46 Å². The molecule has 18 heavy (non-hydrogen) atoms. The van der Waals surface area contributed by atoms with E-state index < -0.39 is 13.4 Å². The molecule has 0 spiro atoms. The lowest BCUT2D eigenvalue weighted by atomic mass is 9.75. The van der Waals surface area contributed by atoms with Gasteiger partial charge < -0.3 is 4.89 Å². The highest BCUT2D eigenvalue weighted by Gasteiger charge is 2.38. The first-order chi connectivity index (χ1) is 7.95. The van der Waals surface area contributed by atoms with Crippen molar-refractivity contribution in [1.82, 2.24) is 0 Å². The van der Waals surface area contributed by atoms with Gasteiger partial charge in [0.25, 0.3) is 0 Å². The topological polar surface area (TPSA) is 55.8 Å². The molecule has 0 aliphatic rings. The SMILES string of the molecule is CCC(C)(CC(C)(C)CC(C)C)OP(=O)(O)OC. The summed E-state index contributed by atoms with van der Waals surface area (Å²) in [6, 6.07) is 0. The molecule has 0 heterocycles. The minimum atomic E-state index is -3.93. The van der Waals surface area contributed by atoms with Crippen molar-refractivity contribution in [3.63, 3.8) is 0 Å². The summed E-state index contributed by atoms with van der Waals surface area (Å²) < 4.78 is 21.4. The Kier molecular flexibility index (Phi) is 6.55. The Balaban J connectivity index is 4.81. The van der Waals surface area contributed by atoms with E-state index in [0.29, 0.717) is 12.3 Å². The minimum Gasteiger partial charge on any atom is -0.302 e. The number of hydrogen-bond donors (Lipinski definition) is 1. The second kappa shape index (κ2) is 6.51. The van der Waals surface area contributed by atoms with Crippen molar-refractivity contribution in [3.05, 3.63) is 0 Å². The molecule has 2 unspecified atom stereocenters. The standard InChI is InChI=1S/C13H29O4P/c1-8-13(6,17-18(14,15)16-7)10-12(4,5)9-11(2)3/h11H,8-10H2,1-7H3,(H,14,15). The summed E-state index contributed by atoms with van der Waals surface area (Å²) in [6.07, 6.45) is 2.44. The predicted octanol–water partition coefficient (Wildman–Crippen LogP) is 4.38. The predicted molar refractivity (Wildman–Crippen MR) is 74.5 cm³/mol. The number of phosphoric ester groups is 1. The van der Waals surface area contributed by atoms with Gasteiger partial charge in [0.05, 0.1) is 5.60 Å². The molecular weight excluding hydrogens is 251 g/mol. The van der Waals surface area contributed by atoms with E-state index in [-0.39, 0.29) is 5.41 Å². The van der Waals surface area contributed by atoms with E-state index in [1.54, 1.807) is 0 Å². The zero-order chi connectivity index (χ0) is 14.6. The van der Waals surface area contributed by atoms with Gasteiger partial charge in [-0.3, -0.25) is 9.05 Å². The zero-order valence-electron chi connectivity index (χ0n) is 12.8. The average molecular weight is 280 g/mol. The van der Waals surface area contributed by atoms with Crippen molar-refractivity contribution in [3.8, 4) is 0 Å². The fourth-order valence-corrected chi connectivity index (χ4v) is 3.55. The van der Waals surface area contributed by atoms with Crippen molar-refractivity contribution in [2.75, 3.05) is 7.11 Å². The first-order valence-electron chi connectivity index (χ1n) is 6.54. The van der Waals surface area contributed by atoms with Crippen molar-refractivity contribution in [1.29, 1.82) is 0 Å². The first kappa shape index (κ1) is 18.1. The van der Waals surface area contributed by atoms with Gasteiger partial charge in [-0.2, -0.15) is 0 Å². The highest BCUT2D eigenvalue weighted by atomic mass is 31.2. The summed E-state index contributed by atoms with van der Waals surface area (Å²) in [5.74, 6) is 0.587. The highest BCUT2D eigenvalue weighted by Crippen LogP contribution is 2.50. The van der Waals surface area contributed by atoms with Crippen LogP contribution in [0.15, 0.2) is 0 Å². The summed E-state index contributed by atoms with van der Waals surface area (Å²) >= 11 is 0. The van der Waals surface area contributed by atoms with Crippen LogP contribution in [0, 0.1) is 11.3 Å². The fourth-order valence-electron chi connectivity index (χ4n) is 2.73. The molecule has 0 rings (SSSR count). The van der Waals surface area contributed by atoms with Crippen LogP contribution in [0.2, 0.25) is 0 Å². The quantitative estimate of drug-likeness (QED) is 0.670. The van der Waals surface area contributed by atoms with E-state index >= 15 is 0 Å². The van der Waals surface area contributed by atoms with Crippen LogP contribution in [-0.4, -0.2) is 17.6 Å². The Bertz CT molecular complexity index is 301. The highest BCUT2D eigenvalue weighted by molar-refractivity contribution is 7.47. The third-order valence-electron chi connectivity index (χ3n) is 3.13. The Labute approximate surface area is 112 Å². The number of rotatable bonds is 8. The van der Waals surface area contributed by atoms with Gasteiger partial charge in [0.15, 0.2) is 0 Å². The van der Waals surface area contributed by atoms with Gasteiger partial charge in [-0.25, -0.2) is 4.57 Å². The summed E-state index contributed by atoms with van der Waals surface area (Å²) in [6.45, 7) is 12.5. The Morgan fingerprint density at radius 2 is 1.78 bits per heavy atom. The van der Waals surface area contributed by atoms with Gasteiger partial charge in [-0.15, -0.1) is 0 Å². The molecule has 4 nitrogen and oxygen atoms in total. The lowest BCUT2D eigenvalue weighted by Crippen LogP contribution is -2.34. The Morgan fingerprint density at radius 3 is 2.11 bits per heavy atom. The first-order valence-corrected chi connectivity index (χ1v) is 8.04. The molecule has 2 atom stereocenters. The second-order valence-electron chi connectivity index (χ2n) is 6.48. The Morgan fingerprint density at radius 1 is 1.28 bits per heavy atom.